The number of carbonyl (C=O) groups is 1. The molecule has 7 N–H and O–H groups in total. The monoisotopic (exact) mass is 902 g/mol. The van der Waals surface area contributed by atoms with Crippen LogP contribution >= 0.6 is 0 Å². The summed E-state index contributed by atoms with van der Waals surface area (Å²) in [4.78, 5) is 12.7. The van der Waals surface area contributed by atoms with Crippen molar-refractivity contribution >= 4 is 17.7 Å². The molecule has 11 heteroatoms. The molecule has 1 spiro atoms. The first-order valence-electron chi connectivity index (χ1n) is 24.1. The standard InChI is InChI=1S/C56H62N4O7/c1-6-32-24-43-39(17-15-33-11-8-9-13-45(33)59-7-2)35-21-22-56(27-35)28-36-23-38(62)26-48(64-5)49(36)41-20-19-40-44(30-65-31(3)61)53(67-54(40)51(41)56)50-34(12-10-14-46(43)60-55(32)57)25-47(63)52-42(50)18-16-37(58-4)29-66-52/h8-9,11,13,16,18-20,23-26,35,37,39,44,53,55,58-60,62-63H,6-7,12,15,17,21-22,27-30,57H2,1-5H3. The Hall–Kier alpha value is -6.35. The van der Waals surface area contributed by atoms with Gasteiger partial charge in [-0.2, -0.15) is 0 Å². The normalized spacial score (nSPS) is 25.1. The zero-order chi connectivity index (χ0) is 46.6. The van der Waals surface area contributed by atoms with Crippen molar-refractivity contribution in [1.29, 1.82) is 0 Å². The Balaban J connectivity index is 1.24. The number of anilines is 1. The summed E-state index contributed by atoms with van der Waals surface area (Å²) in [5.41, 5.74) is 19.6. The minimum Gasteiger partial charge on any atom is -0.508 e. The lowest BCUT2D eigenvalue weighted by molar-refractivity contribution is -0.141. The van der Waals surface area contributed by atoms with Gasteiger partial charge >= 0.3 is 5.97 Å². The Kier molecular flexibility index (Phi) is 12.0. The van der Waals surface area contributed by atoms with Crippen molar-refractivity contribution in [3.05, 3.63) is 123 Å². The van der Waals surface area contributed by atoms with Gasteiger partial charge in [0.05, 0.1) is 30.9 Å². The van der Waals surface area contributed by atoms with E-state index in [0.717, 1.165) is 107 Å². The number of hydrogen-bond donors (Lipinski definition) is 6. The lowest BCUT2D eigenvalue weighted by atomic mass is 9.64. The van der Waals surface area contributed by atoms with E-state index in [4.69, 9.17) is 24.7 Å². The van der Waals surface area contributed by atoms with Crippen molar-refractivity contribution in [1.82, 2.24) is 10.6 Å². The molecule has 10 rings (SSSR count). The fraction of sp³-hybridized carbons (Fsp3) is 0.411. The van der Waals surface area contributed by atoms with Gasteiger partial charge in [0, 0.05) is 64.9 Å². The minimum atomic E-state index is -0.635. The predicted octanol–water partition coefficient (Wildman–Crippen LogP) is 8.86. The van der Waals surface area contributed by atoms with Crippen LogP contribution in [0.3, 0.4) is 0 Å². The van der Waals surface area contributed by atoms with Crippen molar-refractivity contribution in [3.63, 3.8) is 0 Å². The van der Waals surface area contributed by atoms with Gasteiger partial charge in [0.2, 0.25) is 0 Å². The van der Waals surface area contributed by atoms with Crippen molar-refractivity contribution in [3.8, 4) is 51.7 Å². The molecule has 7 unspecified atom stereocenters. The van der Waals surface area contributed by atoms with Crippen LogP contribution in [0.4, 0.5) is 5.69 Å². The Morgan fingerprint density at radius 2 is 1.93 bits per heavy atom. The molecule has 348 valence electrons. The second-order valence-electron chi connectivity index (χ2n) is 19.1. The number of esters is 1. The number of methoxy groups -OCH3 is 1. The quantitative estimate of drug-likeness (QED) is 0.0668. The number of aromatic hydroxyl groups is 2. The molecule has 0 amide bonds. The van der Waals surface area contributed by atoms with Gasteiger partial charge in [-0.1, -0.05) is 61.4 Å². The first-order chi connectivity index (χ1) is 32.5. The maximum Gasteiger partial charge on any atom is 0.302 e. The molecule has 4 aromatic rings. The summed E-state index contributed by atoms with van der Waals surface area (Å²) >= 11 is 0. The summed E-state index contributed by atoms with van der Waals surface area (Å²) in [6.07, 6.45) is 11.6. The minimum absolute atomic E-state index is 0.0219. The molecule has 1 saturated carbocycles. The average molecular weight is 903 g/mol. The van der Waals surface area contributed by atoms with Gasteiger partial charge in [0.15, 0.2) is 11.5 Å². The third-order valence-electron chi connectivity index (χ3n) is 15.3. The summed E-state index contributed by atoms with van der Waals surface area (Å²) in [7, 11) is 3.54. The fourth-order valence-corrected chi connectivity index (χ4v) is 12.2. The van der Waals surface area contributed by atoms with Gasteiger partial charge in [0.1, 0.15) is 36.6 Å². The van der Waals surface area contributed by atoms with Crippen molar-refractivity contribution < 1.29 is 34.0 Å². The van der Waals surface area contributed by atoms with Crippen LogP contribution in [0.25, 0.3) is 17.2 Å². The molecular formula is C56H62N4O7. The largest absolute Gasteiger partial charge is 0.508 e. The van der Waals surface area contributed by atoms with E-state index in [1.54, 1.807) is 19.2 Å². The molecule has 11 nitrogen and oxygen atoms in total. The molecule has 7 atom stereocenters. The molecule has 0 saturated heterocycles. The first kappa shape index (κ1) is 44.5. The van der Waals surface area contributed by atoms with E-state index in [9.17, 15) is 15.0 Å². The van der Waals surface area contributed by atoms with Crippen molar-refractivity contribution in [2.45, 2.75) is 102 Å². The number of benzene rings is 4. The molecule has 2 aliphatic carbocycles. The zero-order valence-corrected chi connectivity index (χ0v) is 39.2. The average Bonchev–Trinajstić information content (AvgIpc) is 3.82. The van der Waals surface area contributed by atoms with Gasteiger partial charge in [-0.15, -0.1) is 0 Å². The van der Waals surface area contributed by atoms with Crippen LogP contribution in [0.1, 0.15) is 104 Å². The first-order valence-corrected chi connectivity index (χ1v) is 24.1. The number of hydrogen-bond acceptors (Lipinski definition) is 11. The number of allylic oxidation sites excluding steroid dienone is 3. The molecule has 4 aliphatic heterocycles. The number of dihydropyridines is 1. The molecule has 67 heavy (non-hydrogen) atoms. The maximum absolute atomic E-state index is 12.7. The summed E-state index contributed by atoms with van der Waals surface area (Å²) in [5.74, 6) is 8.75. The van der Waals surface area contributed by atoms with Crippen LogP contribution in [0, 0.1) is 23.7 Å². The Morgan fingerprint density at radius 1 is 1.07 bits per heavy atom. The number of aryl methyl sites for hydroxylation is 1. The van der Waals surface area contributed by atoms with E-state index in [0.29, 0.717) is 30.1 Å². The number of fused-ring (bicyclic) bond motifs is 8. The van der Waals surface area contributed by atoms with Gasteiger partial charge in [-0.3, -0.25) is 4.79 Å². The number of phenolic OH excluding ortho intramolecular Hbond substituents is 2. The third-order valence-corrected chi connectivity index (χ3v) is 15.3. The number of nitrogens with two attached hydrogens (primary N) is 1. The van der Waals surface area contributed by atoms with Crippen LogP contribution in [0.5, 0.6) is 28.7 Å². The van der Waals surface area contributed by atoms with Gasteiger partial charge < -0.3 is 50.8 Å². The van der Waals surface area contributed by atoms with Crippen LogP contribution in [0.15, 0.2) is 83.6 Å². The molecular weight excluding hydrogens is 841 g/mol. The number of para-hydroxylation sites is 1. The fourth-order valence-electron chi connectivity index (χ4n) is 12.2. The second-order valence-corrected chi connectivity index (χ2v) is 19.1. The highest BCUT2D eigenvalue weighted by Gasteiger charge is 2.52. The molecule has 4 heterocycles. The maximum atomic E-state index is 12.7. The predicted molar refractivity (Wildman–Crippen MR) is 261 cm³/mol. The molecule has 1 fully saturated rings. The molecule has 0 aromatic heterocycles. The van der Waals surface area contributed by atoms with Crippen LogP contribution in [-0.2, 0) is 34.2 Å². The van der Waals surface area contributed by atoms with E-state index in [1.165, 1.54) is 18.1 Å². The van der Waals surface area contributed by atoms with E-state index in [-0.39, 0.29) is 54.5 Å². The van der Waals surface area contributed by atoms with Crippen LogP contribution in [-0.4, -0.2) is 62.3 Å². The van der Waals surface area contributed by atoms with Crippen molar-refractivity contribution in [2.24, 2.45) is 17.6 Å². The van der Waals surface area contributed by atoms with E-state index in [2.05, 4.69) is 90.2 Å². The lowest BCUT2D eigenvalue weighted by Gasteiger charge is -2.40. The highest BCUT2D eigenvalue weighted by atomic mass is 16.5. The Morgan fingerprint density at radius 3 is 2.72 bits per heavy atom. The zero-order valence-electron chi connectivity index (χ0n) is 39.2. The number of likely N-dealkylation sites (N-methyl/N-ethyl adjacent to an activating group) is 1. The SMILES string of the molecule is CCNc1ccccc1CCC1C2=C(C#CCc3cc(O)c4c(c3C3Oc5c(ccc6c5C5(CCC1C5)Cc1cc(O)cc(OC)c1-6)C3COC(C)=O)C=CC(NC)CO4)NC(N)C(CC)=C2. The number of phenols is 2. The third kappa shape index (κ3) is 7.88. The van der Waals surface area contributed by atoms with E-state index in [1.807, 2.05) is 19.2 Å². The number of carbonyl (C=O) groups excluding carboxylic acids is 1. The molecule has 6 aliphatic rings. The molecule has 4 bridgehead atoms. The number of ether oxygens (including phenoxy) is 4. The van der Waals surface area contributed by atoms with Crippen molar-refractivity contribution in [2.75, 3.05) is 39.2 Å². The molecule has 0 radical (unpaired) electrons. The summed E-state index contributed by atoms with van der Waals surface area (Å²) in [6.45, 7) is 6.97. The Labute approximate surface area is 393 Å². The lowest BCUT2D eigenvalue weighted by Crippen LogP contribution is -2.42. The topological polar surface area (TPSA) is 157 Å². The number of rotatable bonds is 10. The Bertz CT molecular complexity index is 2800. The van der Waals surface area contributed by atoms with Crippen LogP contribution < -0.4 is 35.9 Å². The van der Waals surface area contributed by atoms with Gasteiger partial charge in [-0.25, -0.2) is 0 Å². The van der Waals surface area contributed by atoms with E-state index >= 15 is 0 Å². The van der Waals surface area contributed by atoms with E-state index < -0.39 is 17.4 Å². The highest BCUT2D eigenvalue weighted by molar-refractivity contribution is 5.84. The smallest absolute Gasteiger partial charge is 0.302 e. The highest BCUT2D eigenvalue weighted by Crippen LogP contribution is 2.64. The molecule has 4 aromatic carbocycles. The van der Waals surface area contributed by atoms with Gasteiger partial charge in [-0.05, 0) is 128 Å². The van der Waals surface area contributed by atoms with Gasteiger partial charge in [0.25, 0.3) is 0 Å². The summed E-state index contributed by atoms with van der Waals surface area (Å²) in [5, 5.41) is 33.5. The number of nitrogens with one attached hydrogen (secondary N) is 3. The summed E-state index contributed by atoms with van der Waals surface area (Å²) in [6, 6.07) is 18.2. The summed E-state index contributed by atoms with van der Waals surface area (Å²) < 4.78 is 26.0. The van der Waals surface area contributed by atoms with Crippen LogP contribution in [0.2, 0.25) is 0 Å². The second kappa shape index (κ2) is 18.0.